The van der Waals surface area contributed by atoms with Crippen molar-refractivity contribution in [3.63, 3.8) is 0 Å². The number of aliphatic imine (C=N–C) groups is 2. The largest absolute Gasteiger partial charge is 0.370 e. The van der Waals surface area contributed by atoms with Gasteiger partial charge in [0.1, 0.15) is 5.03 Å². The Morgan fingerprint density at radius 2 is 1.95 bits per heavy atom. The molecule has 0 amide bonds. The van der Waals surface area contributed by atoms with Crippen LogP contribution in [0.25, 0.3) is 0 Å². The third-order valence-electron chi connectivity index (χ3n) is 2.26. The molecule has 0 radical (unpaired) electrons. The molecule has 0 bridgehead atoms. The van der Waals surface area contributed by atoms with Crippen molar-refractivity contribution in [2.45, 2.75) is 9.92 Å². The summed E-state index contributed by atoms with van der Waals surface area (Å²) in [5.41, 5.74) is 16.6. The molecular formula is C13H13ClN6S. The fourth-order valence-electron chi connectivity index (χ4n) is 1.45. The van der Waals surface area contributed by atoms with Crippen molar-refractivity contribution in [3.05, 3.63) is 47.6 Å². The second-order valence-electron chi connectivity index (χ2n) is 3.89. The summed E-state index contributed by atoms with van der Waals surface area (Å²) in [6.07, 6.45) is 1.73. The van der Waals surface area contributed by atoms with Crippen molar-refractivity contribution in [1.29, 1.82) is 0 Å². The molecule has 1 heterocycles. The molecule has 2 rings (SSSR count). The number of rotatable bonds is 3. The van der Waals surface area contributed by atoms with E-state index in [4.69, 9.17) is 28.8 Å². The second-order valence-corrected chi connectivity index (χ2v) is 5.36. The van der Waals surface area contributed by atoms with E-state index in [9.17, 15) is 0 Å². The van der Waals surface area contributed by atoms with Gasteiger partial charge in [0.25, 0.3) is 0 Å². The Labute approximate surface area is 131 Å². The molecule has 6 nitrogen and oxygen atoms in total. The molecule has 0 aliphatic rings. The number of nitrogens with two attached hydrogens (primary N) is 3. The van der Waals surface area contributed by atoms with Crippen LogP contribution in [-0.2, 0) is 0 Å². The Morgan fingerprint density at radius 1 is 1.14 bits per heavy atom. The van der Waals surface area contributed by atoms with Crippen molar-refractivity contribution in [3.8, 4) is 0 Å². The van der Waals surface area contributed by atoms with Crippen LogP contribution in [0.1, 0.15) is 0 Å². The van der Waals surface area contributed by atoms with Gasteiger partial charge in [0.15, 0.2) is 5.96 Å². The average molecular weight is 321 g/mol. The Morgan fingerprint density at radius 3 is 2.57 bits per heavy atom. The van der Waals surface area contributed by atoms with E-state index < -0.39 is 0 Å². The molecule has 6 N–H and O–H groups in total. The summed E-state index contributed by atoms with van der Waals surface area (Å²) in [6, 6.07) is 11.0. The van der Waals surface area contributed by atoms with Crippen molar-refractivity contribution >= 4 is 41.0 Å². The van der Waals surface area contributed by atoms with E-state index in [2.05, 4.69) is 15.0 Å². The van der Waals surface area contributed by atoms with Crippen LogP contribution in [0.3, 0.4) is 0 Å². The molecule has 0 aliphatic carbocycles. The van der Waals surface area contributed by atoms with Crippen LogP contribution in [0, 0.1) is 0 Å². The van der Waals surface area contributed by atoms with E-state index >= 15 is 0 Å². The van der Waals surface area contributed by atoms with Crippen molar-refractivity contribution in [2.24, 2.45) is 27.2 Å². The minimum Gasteiger partial charge on any atom is -0.370 e. The number of aromatic nitrogens is 1. The highest BCUT2D eigenvalue weighted by Crippen LogP contribution is 2.34. The van der Waals surface area contributed by atoms with E-state index in [-0.39, 0.29) is 11.9 Å². The van der Waals surface area contributed by atoms with Crippen molar-refractivity contribution in [1.82, 2.24) is 4.98 Å². The average Bonchev–Trinajstić information content (AvgIpc) is 2.42. The van der Waals surface area contributed by atoms with Gasteiger partial charge in [-0.2, -0.15) is 4.99 Å². The Bertz CT molecular complexity index is 682. The summed E-state index contributed by atoms with van der Waals surface area (Å²) in [5, 5.41) is 1.40. The lowest BCUT2D eigenvalue weighted by Crippen LogP contribution is -2.26. The van der Waals surface area contributed by atoms with Crippen LogP contribution in [0.2, 0.25) is 5.02 Å². The Balaban J connectivity index is 2.20. The van der Waals surface area contributed by atoms with E-state index in [1.165, 1.54) is 11.8 Å². The predicted octanol–water partition coefficient (Wildman–Crippen LogP) is 2.11. The van der Waals surface area contributed by atoms with Crippen LogP contribution in [0.15, 0.2) is 62.5 Å². The Hall–Kier alpha value is -2.25. The maximum Gasteiger partial charge on any atom is 0.223 e. The molecule has 0 atom stereocenters. The zero-order valence-corrected chi connectivity index (χ0v) is 12.5. The van der Waals surface area contributed by atoms with Crippen molar-refractivity contribution < 1.29 is 0 Å². The van der Waals surface area contributed by atoms with E-state index in [1.54, 1.807) is 18.3 Å². The highest BCUT2D eigenvalue weighted by Gasteiger charge is 2.05. The number of benzene rings is 1. The third kappa shape index (κ3) is 4.66. The van der Waals surface area contributed by atoms with Crippen LogP contribution in [0.4, 0.5) is 5.69 Å². The first-order chi connectivity index (χ1) is 10.0. The van der Waals surface area contributed by atoms with Gasteiger partial charge in [-0.15, -0.1) is 0 Å². The van der Waals surface area contributed by atoms with Crippen molar-refractivity contribution in [2.75, 3.05) is 0 Å². The summed E-state index contributed by atoms with van der Waals surface area (Å²) in [7, 11) is 0. The molecule has 1 aromatic carbocycles. The molecule has 0 spiro atoms. The highest BCUT2D eigenvalue weighted by atomic mass is 35.5. The summed E-state index contributed by atoms with van der Waals surface area (Å²) >= 11 is 7.69. The fourth-order valence-corrected chi connectivity index (χ4v) is 2.52. The van der Waals surface area contributed by atoms with E-state index in [0.717, 1.165) is 9.92 Å². The van der Waals surface area contributed by atoms with Gasteiger partial charge >= 0.3 is 0 Å². The lowest BCUT2D eigenvalue weighted by Gasteiger charge is -2.04. The molecule has 0 aliphatic heterocycles. The smallest absolute Gasteiger partial charge is 0.223 e. The van der Waals surface area contributed by atoms with Gasteiger partial charge in [0, 0.05) is 11.1 Å². The maximum absolute atomic E-state index is 6.22. The van der Waals surface area contributed by atoms with Gasteiger partial charge < -0.3 is 17.2 Å². The fraction of sp³-hybridized carbons (Fsp3) is 0. The van der Waals surface area contributed by atoms with Crippen LogP contribution >= 0.6 is 23.4 Å². The summed E-state index contributed by atoms with van der Waals surface area (Å²) in [5.74, 6) is -0.180. The molecule has 0 saturated carbocycles. The summed E-state index contributed by atoms with van der Waals surface area (Å²) in [6.45, 7) is 0. The first-order valence-corrected chi connectivity index (χ1v) is 7.06. The lowest BCUT2D eigenvalue weighted by atomic mass is 10.3. The molecule has 8 heteroatoms. The molecule has 0 saturated heterocycles. The number of hydrogen-bond acceptors (Lipinski definition) is 3. The van der Waals surface area contributed by atoms with Gasteiger partial charge in [0.05, 0.1) is 10.7 Å². The predicted molar refractivity (Wildman–Crippen MR) is 86.9 cm³/mol. The minimum absolute atomic E-state index is 0.0313. The number of guanidine groups is 2. The molecule has 108 valence electrons. The number of nitrogens with zero attached hydrogens (tertiary/aromatic N) is 3. The van der Waals surface area contributed by atoms with Gasteiger partial charge in [-0.1, -0.05) is 29.4 Å². The molecule has 1 aromatic heterocycles. The standard InChI is InChI=1S/C13H13ClN6S/c14-9-7-8(19-13(17)20-12(15)16)4-5-10(9)21-11-3-1-2-6-18-11/h1-7H,(H6,15,16,17,19,20). The SMILES string of the molecule is NC(N)=NC(N)=Nc1ccc(Sc2ccccn2)c(Cl)c1. The number of halogens is 1. The first-order valence-electron chi connectivity index (χ1n) is 5.87. The summed E-state index contributed by atoms with van der Waals surface area (Å²) < 4.78 is 0. The number of pyridine rings is 1. The lowest BCUT2D eigenvalue weighted by molar-refractivity contribution is 1.13. The van der Waals surface area contributed by atoms with E-state index in [1.807, 2.05) is 24.3 Å². The van der Waals surface area contributed by atoms with Gasteiger partial charge in [-0.05, 0) is 30.3 Å². The minimum atomic E-state index is -0.148. The zero-order chi connectivity index (χ0) is 15.2. The monoisotopic (exact) mass is 320 g/mol. The topological polar surface area (TPSA) is 116 Å². The molecule has 21 heavy (non-hydrogen) atoms. The highest BCUT2D eigenvalue weighted by molar-refractivity contribution is 7.99. The quantitative estimate of drug-likeness (QED) is 0.591. The molecule has 2 aromatic rings. The number of hydrogen-bond donors (Lipinski definition) is 3. The van der Waals surface area contributed by atoms with E-state index in [0.29, 0.717) is 10.7 Å². The first kappa shape index (κ1) is 15.1. The second kappa shape index (κ2) is 6.96. The van der Waals surface area contributed by atoms with Gasteiger partial charge in [-0.3, -0.25) is 0 Å². The summed E-state index contributed by atoms with van der Waals surface area (Å²) in [4.78, 5) is 12.8. The molecule has 0 unspecified atom stereocenters. The van der Waals surface area contributed by atoms with Crippen LogP contribution < -0.4 is 17.2 Å². The van der Waals surface area contributed by atoms with Gasteiger partial charge in [0.2, 0.25) is 5.96 Å². The van der Waals surface area contributed by atoms with Crippen LogP contribution in [-0.4, -0.2) is 16.9 Å². The third-order valence-corrected chi connectivity index (χ3v) is 3.71. The molecule has 0 fully saturated rings. The maximum atomic E-state index is 6.22. The normalized spacial score (nSPS) is 11.2. The van der Waals surface area contributed by atoms with Gasteiger partial charge in [-0.25, -0.2) is 9.98 Å². The van der Waals surface area contributed by atoms with Crippen LogP contribution in [0.5, 0.6) is 0 Å². The molecular weight excluding hydrogens is 308 g/mol. The Kier molecular flexibility index (Phi) is 5.02. The zero-order valence-electron chi connectivity index (χ0n) is 10.9.